The van der Waals surface area contributed by atoms with Gasteiger partial charge >= 0.3 is 0 Å². The molecule has 0 aliphatic rings. The molecule has 136 valence electrons. The van der Waals surface area contributed by atoms with E-state index < -0.39 is 5.82 Å². The van der Waals surface area contributed by atoms with Crippen molar-refractivity contribution in [3.05, 3.63) is 66.9 Å². The topological polar surface area (TPSA) is 60.9 Å². The highest BCUT2D eigenvalue weighted by atomic mass is 35.5. The summed E-state index contributed by atoms with van der Waals surface area (Å²) in [6.07, 6.45) is 2.69. The molecule has 0 aliphatic heterocycles. The largest absolute Gasteiger partial charge is 0.330 e. The van der Waals surface area contributed by atoms with Gasteiger partial charge in [-0.2, -0.15) is 0 Å². The van der Waals surface area contributed by atoms with Crippen LogP contribution in [0.2, 0.25) is 15.1 Å². The lowest BCUT2D eigenvalue weighted by Crippen LogP contribution is -2.15. The van der Waals surface area contributed by atoms with Gasteiger partial charge < -0.3 is 10.3 Å². The number of aromatic nitrogens is 2. The van der Waals surface area contributed by atoms with Crippen LogP contribution < -0.4 is 11.2 Å². The summed E-state index contributed by atoms with van der Waals surface area (Å²) in [5, 5.41) is 0.876. The van der Waals surface area contributed by atoms with Gasteiger partial charge in [-0.3, -0.25) is 9.78 Å². The summed E-state index contributed by atoms with van der Waals surface area (Å²) >= 11 is 18.9. The summed E-state index contributed by atoms with van der Waals surface area (Å²) in [6.45, 7) is 2.20. The third-order valence-electron chi connectivity index (χ3n) is 4.07. The molecule has 0 aliphatic carbocycles. The monoisotopic (exact) mass is 413 g/mol. The zero-order chi connectivity index (χ0) is 19.0. The van der Waals surface area contributed by atoms with Gasteiger partial charge in [-0.05, 0) is 38.4 Å². The van der Waals surface area contributed by atoms with Crippen molar-refractivity contribution in [2.45, 2.75) is 19.8 Å². The zero-order valence-electron chi connectivity index (χ0n) is 13.8. The first-order valence-electron chi connectivity index (χ1n) is 7.90. The van der Waals surface area contributed by atoms with E-state index in [1.807, 2.05) is 0 Å². The SMILES string of the molecule is Cc1cc(=O)c2c(CCCN)ncc(Cl)c2n1-c1c(Cl)cc(F)cc1Cl. The van der Waals surface area contributed by atoms with Crippen molar-refractivity contribution in [2.24, 2.45) is 5.73 Å². The third kappa shape index (κ3) is 3.32. The van der Waals surface area contributed by atoms with E-state index in [0.717, 1.165) is 12.1 Å². The van der Waals surface area contributed by atoms with Crippen LogP contribution in [0.25, 0.3) is 16.6 Å². The molecule has 8 heteroatoms. The van der Waals surface area contributed by atoms with Gasteiger partial charge in [0, 0.05) is 18.0 Å². The lowest BCUT2D eigenvalue weighted by Gasteiger charge is -2.19. The number of hydrogen-bond acceptors (Lipinski definition) is 3. The van der Waals surface area contributed by atoms with Crippen molar-refractivity contribution in [1.82, 2.24) is 9.55 Å². The van der Waals surface area contributed by atoms with Crippen LogP contribution in [0.15, 0.2) is 29.2 Å². The van der Waals surface area contributed by atoms with Crippen LogP contribution in [0.3, 0.4) is 0 Å². The molecule has 2 aromatic heterocycles. The molecule has 0 spiro atoms. The Morgan fingerprint density at radius 2 is 1.81 bits per heavy atom. The second kappa shape index (κ2) is 7.53. The number of benzene rings is 1. The summed E-state index contributed by atoms with van der Waals surface area (Å²) in [4.78, 5) is 17.0. The maximum Gasteiger partial charge on any atom is 0.191 e. The standard InChI is InChI=1S/C18H15Cl3FN3O/c1-9-5-15(26)16-14(3-2-4-23)24-8-13(21)18(16)25(9)17-11(19)6-10(22)7-12(17)20/h5-8H,2-4,23H2,1H3. The number of aryl methyl sites for hydroxylation is 2. The summed E-state index contributed by atoms with van der Waals surface area (Å²) < 4.78 is 15.3. The Bertz CT molecular complexity index is 1040. The Labute approximate surface area is 164 Å². The van der Waals surface area contributed by atoms with Crippen LogP contribution in [-0.2, 0) is 6.42 Å². The molecule has 4 nitrogen and oxygen atoms in total. The van der Waals surface area contributed by atoms with E-state index in [1.54, 1.807) is 11.5 Å². The number of pyridine rings is 2. The lowest BCUT2D eigenvalue weighted by atomic mass is 10.1. The molecule has 0 atom stereocenters. The van der Waals surface area contributed by atoms with Crippen LogP contribution in [0, 0.1) is 12.7 Å². The highest BCUT2D eigenvalue weighted by Gasteiger charge is 2.19. The van der Waals surface area contributed by atoms with E-state index in [4.69, 9.17) is 40.5 Å². The van der Waals surface area contributed by atoms with E-state index in [-0.39, 0.29) is 20.5 Å². The first-order valence-corrected chi connectivity index (χ1v) is 9.03. The Morgan fingerprint density at radius 3 is 2.42 bits per heavy atom. The van der Waals surface area contributed by atoms with Gasteiger partial charge in [0.25, 0.3) is 0 Å². The normalized spacial score (nSPS) is 11.3. The van der Waals surface area contributed by atoms with Crippen molar-refractivity contribution >= 4 is 45.7 Å². The van der Waals surface area contributed by atoms with Gasteiger partial charge in [0.1, 0.15) is 5.82 Å². The van der Waals surface area contributed by atoms with Crippen molar-refractivity contribution in [3.8, 4) is 5.69 Å². The fraction of sp³-hybridized carbons (Fsp3) is 0.222. The van der Waals surface area contributed by atoms with Crippen LogP contribution in [-0.4, -0.2) is 16.1 Å². The van der Waals surface area contributed by atoms with Crippen LogP contribution in [0.5, 0.6) is 0 Å². The highest BCUT2D eigenvalue weighted by Crippen LogP contribution is 2.35. The van der Waals surface area contributed by atoms with Gasteiger partial charge in [0.2, 0.25) is 0 Å². The molecule has 0 unspecified atom stereocenters. The minimum atomic E-state index is -0.553. The number of fused-ring (bicyclic) bond motifs is 1. The second-order valence-electron chi connectivity index (χ2n) is 5.87. The lowest BCUT2D eigenvalue weighted by molar-refractivity contribution is 0.627. The maximum absolute atomic E-state index is 13.6. The fourth-order valence-electron chi connectivity index (χ4n) is 2.99. The van der Waals surface area contributed by atoms with E-state index in [2.05, 4.69) is 4.98 Å². The summed E-state index contributed by atoms with van der Waals surface area (Å²) in [6, 6.07) is 3.79. The molecule has 0 amide bonds. The molecule has 2 N–H and O–H groups in total. The van der Waals surface area contributed by atoms with Crippen LogP contribution in [0.4, 0.5) is 4.39 Å². The average molecular weight is 415 g/mol. The minimum absolute atomic E-state index is 0.111. The molecule has 0 bridgehead atoms. The van der Waals surface area contributed by atoms with Crippen molar-refractivity contribution in [1.29, 1.82) is 0 Å². The van der Waals surface area contributed by atoms with Gasteiger partial charge in [-0.25, -0.2) is 4.39 Å². The second-order valence-corrected chi connectivity index (χ2v) is 7.09. The Morgan fingerprint density at radius 1 is 1.15 bits per heavy atom. The van der Waals surface area contributed by atoms with E-state index >= 15 is 0 Å². The molecule has 0 fully saturated rings. The quantitative estimate of drug-likeness (QED) is 0.674. The molecular formula is C18H15Cl3FN3O. The summed E-state index contributed by atoms with van der Waals surface area (Å²) in [5.41, 5.74) is 7.34. The van der Waals surface area contributed by atoms with Crippen molar-refractivity contribution < 1.29 is 4.39 Å². The van der Waals surface area contributed by atoms with Crippen LogP contribution in [0.1, 0.15) is 17.8 Å². The highest BCUT2D eigenvalue weighted by molar-refractivity contribution is 6.38. The molecule has 26 heavy (non-hydrogen) atoms. The molecule has 2 heterocycles. The summed E-state index contributed by atoms with van der Waals surface area (Å²) in [7, 11) is 0. The molecule has 1 aromatic carbocycles. The minimum Gasteiger partial charge on any atom is -0.330 e. The maximum atomic E-state index is 13.6. The van der Waals surface area contributed by atoms with Crippen molar-refractivity contribution in [3.63, 3.8) is 0 Å². The molecular weight excluding hydrogens is 400 g/mol. The van der Waals surface area contributed by atoms with Crippen LogP contribution >= 0.6 is 34.8 Å². The first kappa shape index (κ1) is 19.1. The van der Waals surface area contributed by atoms with Crippen molar-refractivity contribution in [2.75, 3.05) is 6.54 Å². The fourth-order valence-corrected chi connectivity index (χ4v) is 3.85. The third-order valence-corrected chi connectivity index (χ3v) is 4.92. The smallest absolute Gasteiger partial charge is 0.191 e. The molecule has 3 rings (SSSR count). The van der Waals surface area contributed by atoms with E-state index in [0.29, 0.717) is 47.4 Å². The number of nitrogens with zero attached hydrogens (tertiary/aromatic N) is 2. The van der Waals surface area contributed by atoms with Gasteiger partial charge in [-0.15, -0.1) is 0 Å². The van der Waals surface area contributed by atoms with Gasteiger partial charge in [0.05, 0.1) is 37.4 Å². The zero-order valence-corrected chi connectivity index (χ0v) is 16.1. The van der Waals surface area contributed by atoms with Gasteiger partial charge in [0.15, 0.2) is 5.43 Å². The number of rotatable bonds is 4. The van der Waals surface area contributed by atoms with E-state index in [9.17, 15) is 9.18 Å². The summed E-state index contributed by atoms with van der Waals surface area (Å²) in [5.74, 6) is -0.553. The number of halogens is 4. The Kier molecular flexibility index (Phi) is 5.53. The predicted molar refractivity (Wildman–Crippen MR) is 104 cm³/mol. The molecule has 0 radical (unpaired) electrons. The first-order chi connectivity index (χ1) is 12.3. The van der Waals surface area contributed by atoms with E-state index in [1.165, 1.54) is 12.3 Å². The number of nitrogens with two attached hydrogens (primary N) is 1. The molecule has 0 saturated heterocycles. The predicted octanol–water partition coefficient (Wildman–Crippen LogP) is 4.68. The molecule has 3 aromatic rings. The average Bonchev–Trinajstić information content (AvgIpc) is 2.56. The Balaban J connectivity index is 2.46. The molecule has 0 saturated carbocycles. The Hall–Kier alpha value is -1.66. The number of hydrogen-bond donors (Lipinski definition) is 1. The van der Waals surface area contributed by atoms with Gasteiger partial charge in [-0.1, -0.05) is 34.8 Å².